The van der Waals surface area contributed by atoms with Gasteiger partial charge in [0.05, 0.1) is 18.9 Å². The lowest BCUT2D eigenvalue weighted by Gasteiger charge is -2.11. The van der Waals surface area contributed by atoms with Crippen molar-refractivity contribution in [2.45, 2.75) is 12.8 Å². The number of halogens is 4. The van der Waals surface area contributed by atoms with E-state index in [1.807, 2.05) is 0 Å². The fraction of sp³-hybridized carbons (Fsp3) is 0.130. The Morgan fingerprint density at radius 3 is 2.53 bits per heavy atom. The Kier molecular flexibility index (Phi) is 7.09. The first-order valence-corrected chi connectivity index (χ1v) is 9.33. The Morgan fingerprint density at radius 2 is 1.81 bits per heavy atom. The molecule has 1 amide bonds. The number of methoxy groups -OCH3 is 1. The maximum Gasteiger partial charge on any atom is 0.416 e. The Hall–Kier alpha value is -3.88. The van der Waals surface area contributed by atoms with Crippen molar-refractivity contribution in [2.75, 3.05) is 7.11 Å². The molecule has 0 aromatic heterocycles. The molecule has 0 aliphatic heterocycles. The van der Waals surface area contributed by atoms with Crippen molar-refractivity contribution in [1.29, 1.82) is 0 Å². The number of hydrogen-bond acceptors (Lipinski definition) is 4. The molecule has 0 saturated heterocycles. The molecule has 0 radical (unpaired) electrons. The van der Waals surface area contributed by atoms with Crippen LogP contribution in [-0.2, 0) is 12.8 Å². The lowest BCUT2D eigenvalue weighted by Crippen LogP contribution is -2.18. The van der Waals surface area contributed by atoms with Gasteiger partial charge in [0.15, 0.2) is 11.5 Å². The van der Waals surface area contributed by atoms with E-state index in [-0.39, 0.29) is 18.0 Å². The van der Waals surface area contributed by atoms with E-state index in [0.717, 1.165) is 18.2 Å². The zero-order valence-electron chi connectivity index (χ0n) is 16.8. The lowest BCUT2D eigenvalue weighted by molar-refractivity contribution is -0.137. The Morgan fingerprint density at radius 1 is 1.03 bits per heavy atom. The molecule has 1 N–H and O–H groups in total. The molecule has 0 unspecified atom stereocenters. The fourth-order valence-electron chi connectivity index (χ4n) is 2.72. The summed E-state index contributed by atoms with van der Waals surface area (Å²) < 4.78 is 63.0. The molecule has 3 aromatic carbocycles. The molecule has 32 heavy (non-hydrogen) atoms. The van der Waals surface area contributed by atoms with Crippen LogP contribution in [0.2, 0.25) is 0 Å². The number of nitrogens with zero attached hydrogens (tertiary/aromatic N) is 1. The van der Waals surface area contributed by atoms with Crippen LogP contribution in [0.5, 0.6) is 11.5 Å². The average molecular weight is 446 g/mol. The highest BCUT2D eigenvalue weighted by Crippen LogP contribution is 2.30. The van der Waals surface area contributed by atoms with E-state index in [9.17, 15) is 22.4 Å². The van der Waals surface area contributed by atoms with Crippen LogP contribution in [0.15, 0.2) is 71.8 Å². The second kappa shape index (κ2) is 9.95. The molecule has 0 aliphatic carbocycles. The largest absolute Gasteiger partial charge is 0.493 e. The van der Waals surface area contributed by atoms with Gasteiger partial charge in [0.2, 0.25) is 0 Å². The van der Waals surface area contributed by atoms with Gasteiger partial charge < -0.3 is 9.47 Å². The minimum atomic E-state index is -4.55. The predicted molar refractivity (Wildman–Crippen MR) is 110 cm³/mol. The molecule has 0 heterocycles. The highest BCUT2D eigenvalue weighted by atomic mass is 19.4. The number of hydrogen-bond donors (Lipinski definition) is 1. The number of carbonyl (C=O) groups excluding carboxylic acids is 1. The Bertz CT molecular complexity index is 1130. The molecule has 0 saturated carbocycles. The van der Waals surface area contributed by atoms with Crippen LogP contribution in [0.25, 0.3) is 0 Å². The van der Waals surface area contributed by atoms with Gasteiger partial charge in [-0.15, -0.1) is 0 Å². The van der Waals surface area contributed by atoms with Crippen molar-refractivity contribution in [3.8, 4) is 11.5 Å². The molecule has 3 aromatic rings. The van der Waals surface area contributed by atoms with Gasteiger partial charge in [-0.05, 0) is 48.0 Å². The van der Waals surface area contributed by atoms with Gasteiger partial charge in [-0.3, -0.25) is 4.79 Å². The van der Waals surface area contributed by atoms with E-state index in [1.165, 1.54) is 25.5 Å². The molecule has 0 atom stereocenters. The highest BCUT2D eigenvalue weighted by Gasteiger charge is 2.30. The van der Waals surface area contributed by atoms with Crippen LogP contribution in [0.3, 0.4) is 0 Å². The van der Waals surface area contributed by atoms with Crippen LogP contribution in [0, 0.1) is 5.82 Å². The van der Waals surface area contributed by atoms with Gasteiger partial charge in [-0.2, -0.15) is 18.3 Å². The summed E-state index contributed by atoms with van der Waals surface area (Å²) in [6, 6.07) is 15.0. The number of amides is 1. The maximum absolute atomic E-state index is 13.7. The van der Waals surface area contributed by atoms with Crippen molar-refractivity contribution < 1.29 is 31.8 Å². The monoisotopic (exact) mass is 446 g/mol. The van der Waals surface area contributed by atoms with E-state index >= 15 is 0 Å². The molecular weight excluding hydrogens is 428 g/mol. The zero-order valence-corrected chi connectivity index (χ0v) is 16.8. The Balaban J connectivity index is 1.65. The molecular formula is C23H18F4N2O3. The first-order valence-electron chi connectivity index (χ1n) is 9.33. The SMILES string of the molecule is COc1cc(/C=N\NC(=O)c2cccc(C(F)(F)F)c2)ccc1OCc1ccccc1F. The number of alkyl halides is 3. The van der Waals surface area contributed by atoms with Crippen LogP contribution in [-0.4, -0.2) is 19.2 Å². The predicted octanol–water partition coefficient (Wildman–Crippen LogP) is 5.20. The third-order valence-electron chi connectivity index (χ3n) is 4.36. The van der Waals surface area contributed by atoms with Crippen LogP contribution in [0.1, 0.15) is 27.0 Å². The topological polar surface area (TPSA) is 59.9 Å². The highest BCUT2D eigenvalue weighted by molar-refractivity contribution is 5.95. The van der Waals surface area contributed by atoms with Gasteiger partial charge in [-0.25, -0.2) is 9.82 Å². The third kappa shape index (κ3) is 5.84. The number of rotatable bonds is 7. The number of benzene rings is 3. The minimum absolute atomic E-state index is 0.00349. The van der Waals surface area contributed by atoms with Crippen molar-refractivity contribution in [2.24, 2.45) is 5.10 Å². The molecule has 0 spiro atoms. The first kappa shape index (κ1) is 22.8. The summed E-state index contributed by atoms with van der Waals surface area (Å²) >= 11 is 0. The van der Waals surface area contributed by atoms with Gasteiger partial charge >= 0.3 is 6.18 Å². The standard InChI is InChI=1S/C23H18F4N2O3/c1-31-21-11-15(9-10-20(21)32-14-17-5-2-3-8-19(17)24)13-28-29-22(30)16-6-4-7-18(12-16)23(25,26)27/h2-13H,14H2,1H3,(H,29,30)/b28-13-. The summed E-state index contributed by atoms with van der Waals surface area (Å²) in [4.78, 5) is 12.1. The summed E-state index contributed by atoms with van der Waals surface area (Å²) in [5.41, 5.74) is 2.00. The van der Waals surface area contributed by atoms with E-state index in [1.54, 1.807) is 36.4 Å². The summed E-state index contributed by atoms with van der Waals surface area (Å²) in [7, 11) is 1.43. The van der Waals surface area contributed by atoms with Crippen molar-refractivity contribution in [1.82, 2.24) is 5.43 Å². The van der Waals surface area contributed by atoms with E-state index in [4.69, 9.17) is 9.47 Å². The van der Waals surface area contributed by atoms with Crippen LogP contribution < -0.4 is 14.9 Å². The van der Waals surface area contributed by atoms with Crippen LogP contribution in [0.4, 0.5) is 17.6 Å². The van der Waals surface area contributed by atoms with Gasteiger partial charge in [0.1, 0.15) is 12.4 Å². The van der Waals surface area contributed by atoms with Crippen molar-refractivity contribution >= 4 is 12.1 Å². The Labute approximate surface area is 181 Å². The van der Waals surface area contributed by atoms with Crippen molar-refractivity contribution in [3.63, 3.8) is 0 Å². The number of ether oxygens (including phenoxy) is 2. The van der Waals surface area contributed by atoms with Gasteiger partial charge in [0, 0.05) is 11.1 Å². The molecule has 0 bridgehead atoms. The minimum Gasteiger partial charge on any atom is -0.493 e. The molecule has 0 fully saturated rings. The molecule has 5 nitrogen and oxygen atoms in total. The normalized spacial score (nSPS) is 11.4. The quantitative estimate of drug-likeness (QED) is 0.309. The second-order valence-corrected chi connectivity index (χ2v) is 6.57. The van der Waals surface area contributed by atoms with Crippen LogP contribution >= 0.6 is 0 Å². The van der Waals surface area contributed by atoms with E-state index < -0.39 is 17.6 Å². The number of nitrogens with one attached hydrogen (secondary N) is 1. The molecule has 9 heteroatoms. The van der Waals surface area contributed by atoms with Gasteiger partial charge in [-0.1, -0.05) is 24.3 Å². The maximum atomic E-state index is 13.7. The lowest BCUT2D eigenvalue weighted by atomic mass is 10.1. The second-order valence-electron chi connectivity index (χ2n) is 6.57. The molecule has 3 rings (SSSR count). The van der Waals surface area contributed by atoms with E-state index in [0.29, 0.717) is 22.6 Å². The third-order valence-corrected chi connectivity index (χ3v) is 4.36. The summed E-state index contributed by atoms with van der Waals surface area (Å²) in [5, 5.41) is 3.77. The molecule has 166 valence electrons. The summed E-state index contributed by atoms with van der Waals surface area (Å²) in [6.07, 6.45) is -3.25. The van der Waals surface area contributed by atoms with E-state index in [2.05, 4.69) is 10.5 Å². The fourth-order valence-corrected chi connectivity index (χ4v) is 2.72. The summed E-state index contributed by atoms with van der Waals surface area (Å²) in [6.45, 7) is 0.00349. The number of carbonyl (C=O) groups is 1. The number of hydrazone groups is 1. The molecule has 0 aliphatic rings. The summed E-state index contributed by atoms with van der Waals surface area (Å²) in [5.74, 6) is -0.439. The average Bonchev–Trinajstić information content (AvgIpc) is 2.78. The first-order chi connectivity index (χ1) is 15.3. The zero-order chi connectivity index (χ0) is 23.1. The van der Waals surface area contributed by atoms with Crippen molar-refractivity contribution in [3.05, 3.63) is 94.8 Å². The smallest absolute Gasteiger partial charge is 0.416 e. The van der Waals surface area contributed by atoms with Gasteiger partial charge in [0.25, 0.3) is 5.91 Å².